The van der Waals surface area contributed by atoms with Crippen LogP contribution in [0.4, 0.5) is 0 Å². The van der Waals surface area contributed by atoms with Gasteiger partial charge < -0.3 is 14.2 Å². The number of carbonyl (C=O) groups is 2. The highest BCUT2D eigenvalue weighted by Crippen LogP contribution is 2.29. The minimum atomic E-state index is -0.446. The molecule has 0 saturated carbocycles. The van der Waals surface area contributed by atoms with E-state index >= 15 is 0 Å². The fraction of sp³-hybridized carbons (Fsp3) is 0.174. The van der Waals surface area contributed by atoms with E-state index in [1.165, 1.54) is 17.6 Å². The number of nitrogens with one attached hydrogen (secondary N) is 1. The van der Waals surface area contributed by atoms with Crippen LogP contribution in [0.15, 0.2) is 65.1 Å². The number of rotatable bonds is 9. The smallest absolute Gasteiger partial charge is 0.353 e. The molecule has 8 heteroatoms. The van der Waals surface area contributed by atoms with Gasteiger partial charge in [-0.1, -0.05) is 24.3 Å². The number of ether oxygens (including phenoxy) is 3. The summed E-state index contributed by atoms with van der Waals surface area (Å²) in [6, 6.07) is 15.9. The number of amides is 1. The van der Waals surface area contributed by atoms with Gasteiger partial charge in [0.2, 0.25) is 0 Å². The summed E-state index contributed by atoms with van der Waals surface area (Å²) in [4.78, 5) is 24.6. The molecule has 0 radical (unpaired) electrons. The average Bonchev–Trinajstić information content (AvgIpc) is 3.30. The molecule has 0 bridgehead atoms. The van der Waals surface area contributed by atoms with Gasteiger partial charge in [-0.05, 0) is 60.7 Å². The number of aryl methyl sites for hydroxylation is 1. The predicted octanol–water partition coefficient (Wildman–Crippen LogP) is 4.20. The summed E-state index contributed by atoms with van der Waals surface area (Å²) in [5.41, 5.74) is 4.03. The Balaban J connectivity index is 1.58. The quantitative estimate of drug-likeness (QED) is 0.234. The summed E-state index contributed by atoms with van der Waals surface area (Å²) in [7, 11) is 0. The second-order valence-corrected chi connectivity index (χ2v) is 7.30. The van der Waals surface area contributed by atoms with Crippen molar-refractivity contribution in [2.45, 2.75) is 13.8 Å². The Hall–Kier alpha value is -3.65. The summed E-state index contributed by atoms with van der Waals surface area (Å²) < 4.78 is 16.5. The number of para-hydroxylation sites is 1. The van der Waals surface area contributed by atoms with E-state index in [2.05, 4.69) is 10.5 Å². The Morgan fingerprint density at radius 3 is 2.61 bits per heavy atom. The molecule has 2 aromatic carbocycles. The molecule has 0 aliphatic rings. The molecular formula is C23H22N2O5S. The fourth-order valence-electron chi connectivity index (χ4n) is 2.58. The Morgan fingerprint density at radius 2 is 1.87 bits per heavy atom. The molecule has 31 heavy (non-hydrogen) atoms. The second-order valence-electron chi connectivity index (χ2n) is 6.35. The maximum absolute atomic E-state index is 12.2. The summed E-state index contributed by atoms with van der Waals surface area (Å²) in [6.07, 6.45) is 1.47. The van der Waals surface area contributed by atoms with Gasteiger partial charge in [0.1, 0.15) is 10.6 Å². The Bertz CT molecular complexity index is 1060. The highest BCUT2D eigenvalue weighted by molar-refractivity contribution is 7.12. The summed E-state index contributed by atoms with van der Waals surface area (Å²) in [5, 5.41) is 5.75. The molecule has 3 rings (SSSR count). The molecule has 3 aromatic rings. The number of hydrazone groups is 1. The lowest BCUT2D eigenvalue weighted by atomic mass is 10.2. The number of carbonyl (C=O) groups excluding carboxylic acids is 2. The molecule has 7 nitrogen and oxygen atoms in total. The first-order valence-electron chi connectivity index (χ1n) is 9.59. The molecule has 0 saturated heterocycles. The molecule has 0 aliphatic carbocycles. The van der Waals surface area contributed by atoms with Gasteiger partial charge in [-0.15, -0.1) is 11.3 Å². The molecular weight excluding hydrogens is 416 g/mol. The van der Waals surface area contributed by atoms with Crippen molar-refractivity contribution < 1.29 is 23.8 Å². The molecule has 1 amide bonds. The van der Waals surface area contributed by atoms with Crippen LogP contribution in [0.5, 0.6) is 17.2 Å². The number of benzene rings is 2. The van der Waals surface area contributed by atoms with E-state index in [1.807, 2.05) is 32.0 Å². The topological polar surface area (TPSA) is 86.2 Å². The molecule has 1 heterocycles. The van der Waals surface area contributed by atoms with Crippen LogP contribution in [0.2, 0.25) is 0 Å². The lowest BCUT2D eigenvalue weighted by Gasteiger charge is -2.11. The van der Waals surface area contributed by atoms with Gasteiger partial charge in [0.15, 0.2) is 18.1 Å². The van der Waals surface area contributed by atoms with Crippen LogP contribution in [-0.2, 0) is 4.79 Å². The number of esters is 1. The minimum Gasteiger partial charge on any atom is -0.490 e. The lowest BCUT2D eigenvalue weighted by Crippen LogP contribution is -2.24. The van der Waals surface area contributed by atoms with Crippen molar-refractivity contribution in [1.29, 1.82) is 0 Å². The van der Waals surface area contributed by atoms with Crippen molar-refractivity contribution in [1.82, 2.24) is 5.43 Å². The van der Waals surface area contributed by atoms with E-state index in [0.717, 1.165) is 5.56 Å². The van der Waals surface area contributed by atoms with E-state index < -0.39 is 5.97 Å². The Kier molecular flexibility index (Phi) is 7.78. The third-order valence-electron chi connectivity index (χ3n) is 4.05. The molecule has 160 valence electrons. The second kappa shape index (κ2) is 10.9. The number of thiophene rings is 1. The molecule has 0 atom stereocenters. The normalized spacial score (nSPS) is 10.6. The van der Waals surface area contributed by atoms with Crippen LogP contribution < -0.4 is 19.6 Å². The zero-order valence-corrected chi connectivity index (χ0v) is 18.0. The van der Waals surface area contributed by atoms with Gasteiger partial charge in [0.25, 0.3) is 5.91 Å². The molecule has 1 aromatic heterocycles. The molecule has 0 fully saturated rings. The van der Waals surface area contributed by atoms with E-state index in [9.17, 15) is 9.59 Å². The highest BCUT2D eigenvalue weighted by Gasteiger charge is 2.14. The largest absolute Gasteiger partial charge is 0.490 e. The third kappa shape index (κ3) is 6.42. The van der Waals surface area contributed by atoms with Crippen molar-refractivity contribution in [3.63, 3.8) is 0 Å². The van der Waals surface area contributed by atoms with Gasteiger partial charge in [-0.2, -0.15) is 5.10 Å². The Labute approximate surface area is 184 Å². The van der Waals surface area contributed by atoms with Gasteiger partial charge >= 0.3 is 5.97 Å². The molecule has 1 N–H and O–H groups in total. The van der Waals surface area contributed by atoms with Crippen molar-refractivity contribution in [2.24, 2.45) is 5.10 Å². The van der Waals surface area contributed by atoms with Crippen LogP contribution >= 0.6 is 11.3 Å². The lowest BCUT2D eigenvalue weighted by molar-refractivity contribution is -0.123. The van der Waals surface area contributed by atoms with Crippen molar-refractivity contribution in [3.8, 4) is 17.2 Å². The summed E-state index contributed by atoms with van der Waals surface area (Å²) in [5.74, 6) is 0.540. The molecule has 0 unspecified atom stereocenters. The van der Waals surface area contributed by atoms with Gasteiger partial charge in [-0.3, -0.25) is 4.79 Å². The standard InChI is InChI=1S/C23H22N2O5S/c1-3-28-20-13-17(10-11-19(20)30-23(27)21-9-6-12-31-21)14-24-25-22(26)15-29-18-8-5-4-7-16(18)2/h4-14H,3,15H2,1-2H3,(H,25,26)/b24-14+. The van der Waals surface area contributed by atoms with Gasteiger partial charge in [-0.25, -0.2) is 10.2 Å². The first-order valence-corrected chi connectivity index (χ1v) is 10.5. The van der Waals surface area contributed by atoms with E-state index in [-0.39, 0.29) is 12.5 Å². The van der Waals surface area contributed by atoms with Crippen molar-refractivity contribution in [2.75, 3.05) is 13.2 Å². The first kappa shape index (κ1) is 22.0. The van der Waals surface area contributed by atoms with Crippen LogP contribution in [0.3, 0.4) is 0 Å². The SMILES string of the molecule is CCOc1cc(/C=N/NC(=O)COc2ccccc2C)ccc1OC(=O)c1cccs1. The van der Waals surface area contributed by atoms with Gasteiger partial charge in [0, 0.05) is 0 Å². The van der Waals surface area contributed by atoms with Crippen LogP contribution in [0, 0.1) is 6.92 Å². The first-order chi connectivity index (χ1) is 15.1. The average molecular weight is 439 g/mol. The molecule has 0 aliphatic heterocycles. The van der Waals surface area contributed by atoms with Crippen LogP contribution in [-0.4, -0.2) is 31.3 Å². The third-order valence-corrected chi connectivity index (χ3v) is 4.90. The number of hydrogen-bond donors (Lipinski definition) is 1. The van der Waals surface area contributed by atoms with Crippen molar-refractivity contribution in [3.05, 3.63) is 76.0 Å². The highest BCUT2D eigenvalue weighted by atomic mass is 32.1. The zero-order valence-electron chi connectivity index (χ0n) is 17.2. The van der Waals surface area contributed by atoms with Crippen LogP contribution in [0.25, 0.3) is 0 Å². The minimum absolute atomic E-state index is 0.149. The van der Waals surface area contributed by atoms with E-state index in [0.29, 0.717) is 34.3 Å². The zero-order chi connectivity index (χ0) is 22.1. The Morgan fingerprint density at radius 1 is 1.03 bits per heavy atom. The number of nitrogens with zero attached hydrogens (tertiary/aromatic N) is 1. The summed E-state index contributed by atoms with van der Waals surface area (Å²) in [6.45, 7) is 3.99. The van der Waals surface area contributed by atoms with E-state index in [4.69, 9.17) is 14.2 Å². The maximum Gasteiger partial charge on any atom is 0.353 e. The van der Waals surface area contributed by atoms with Crippen molar-refractivity contribution >= 4 is 29.4 Å². The fourth-order valence-corrected chi connectivity index (χ4v) is 3.17. The van der Waals surface area contributed by atoms with Gasteiger partial charge in [0.05, 0.1) is 12.8 Å². The predicted molar refractivity (Wildman–Crippen MR) is 119 cm³/mol. The number of hydrogen-bond acceptors (Lipinski definition) is 7. The van der Waals surface area contributed by atoms with E-state index in [1.54, 1.807) is 41.8 Å². The molecule has 0 spiro atoms. The summed E-state index contributed by atoms with van der Waals surface area (Å²) >= 11 is 1.30. The maximum atomic E-state index is 12.2. The monoisotopic (exact) mass is 438 g/mol. The van der Waals surface area contributed by atoms with Crippen LogP contribution in [0.1, 0.15) is 27.7 Å².